The third kappa shape index (κ3) is 2.36. The Morgan fingerprint density at radius 1 is 1.11 bits per heavy atom. The molecule has 0 aliphatic carbocycles. The van der Waals surface area contributed by atoms with Crippen molar-refractivity contribution in [3.8, 4) is 0 Å². The maximum atomic E-state index is 5.86. The van der Waals surface area contributed by atoms with Gasteiger partial charge in [0.25, 0.3) is 0 Å². The molecule has 1 aliphatic heterocycles. The molecule has 1 aromatic carbocycles. The van der Waals surface area contributed by atoms with Crippen LogP contribution >= 0.6 is 0 Å². The normalized spacial score (nSPS) is 17.1. The van der Waals surface area contributed by atoms with E-state index in [1.807, 2.05) is 12.1 Å². The standard InChI is InChI=1S/C15H20N4/c1-11-9-15(19-7-5-18(2)6-8-19)17-14-10-12(16)3-4-13(11)14/h3-4,9-10H,5-8,16H2,1-2H3. The fourth-order valence-electron chi connectivity index (χ4n) is 2.60. The molecule has 1 aliphatic rings. The first-order chi connectivity index (χ1) is 9.13. The molecule has 2 heterocycles. The smallest absolute Gasteiger partial charge is 0.129 e. The van der Waals surface area contributed by atoms with Gasteiger partial charge in [0.15, 0.2) is 0 Å². The van der Waals surface area contributed by atoms with Gasteiger partial charge in [0.05, 0.1) is 5.52 Å². The van der Waals surface area contributed by atoms with Gasteiger partial charge in [0.2, 0.25) is 0 Å². The molecule has 2 N–H and O–H groups in total. The number of likely N-dealkylation sites (N-methyl/N-ethyl adjacent to an activating group) is 1. The van der Waals surface area contributed by atoms with E-state index < -0.39 is 0 Å². The van der Waals surface area contributed by atoms with Gasteiger partial charge in [-0.3, -0.25) is 0 Å². The SMILES string of the molecule is Cc1cc(N2CCN(C)CC2)nc2cc(N)ccc12. The van der Waals surface area contributed by atoms with E-state index in [4.69, 9.17) is 10.7 Å². The topological polar surface area (TPSA) is 45.4 Å². The van der Waals surface area contributed by atoms with Crippen LogP contribution in [0.1, 0.15) is 5.56 Å². The molecule has 0 bridgehead atoms. The number of rotatable bonds is 1. The number of nitrogen functional groups attached to an aromatic ring is 1. The van der Waals surface area contributed by atoms with Gasteiger partial charge in [0, 0.05) is 37.3 Å². The minimum absolute atomic E-state index is 0.773. The third-order valence-corrected chi connectivity index (χ3v) is 3.85. The molecular formula is C15H20N4. The summed E-state index contributed by atoms with van der Waals surface area (Å²) < 4.78 is 0. The lowest BCUT2D eigenvalue weighted by atomic mass is 10.1. The van der Waals surface area contributed by atoms with E-state index >= 15 is 0 Å². The molecule has 0 radical (unpaired) electrons. The Bertz CT molecular complexity index is 600. The molecule has 0 amide bonds. The Balaban J connectivity index is 2.00. The van der Waals surface area contributed by atoms with Gasteiger partial charge in [-0.05, 0) is 37.7 Å². The summed E-state index contributed by atoms with van der Waals surface area (Å²) in [5.41, 5.74) is 8.89. The van der Waals surface area contributed by atoms with Crippen molar-refractivity contribution in [1.29, 1.82) is 0 Å². The molecule has 3 rings (SSSR count). The molecule has 100 valence electrons. The zero-order valence-corrected chi connectivity index (χ0v) is 11.6. The maximum Gasteiger partial charge on any atom is 0.129 e. The molecule has 0 atom stereocenters. The molecule has 4 nitrogen and oxygen atoms in total. The zero-order chi connectivity index (χ0) is 13.4. The number of aromatic nitrogens is 1. The van der Waals surface area contributed by atoms with Crippen LogP contribution in [0, 0.1) is 6.92 Å². The predicted molar refractivity (Wildman–Crippen MR) is 80.6 cm³/mol. The number of benzene rings is 1. The van der Waals surface area contributed by atoms with Gasteiger partial charge in [-0.1, -0.05) is 6.07 Å². The van der Waals surface area contributed by atoms with Crippen LogP contribution in [0.2, 0.25) is 0 Å². The Morgan fingerprint density at radius 2 is 1.84 bits per heavy atom. The lowest BCUT2D eigenvalue weighted by molar-refractivity contribution is 0.312. The number of nitrogens with zero attached hydrogens (tertiary/aromatic N) is 3. The first-order valence-electron chi connectivity index (χ1n) is 6.74. The molecule has 4 heteroatoms. The fraction of sp³-hybridized carbons (Fsp3) is 0.400. The molecular weight excluding hydrogens is 236 g/mol. The van der Waals surface area contributed by atoms with E-state index in [1.54, 1.807) is 0 Å². The quantitative estimate of drug-likeness (QED) is 0.791. The van der Waals surface area contributed by atoms with E-state index in [0.717, 1.165) is 43.2 Å². The number of hydrogen-bond donors (Lipinski definition) is 1. The summed E-state index contributed by atoms with van der Waals surface area (Å²) in [6.45, 7) is 6.40. The molecule has 1 aromatic heterocycles. The van der Waals surface area contributed by atoms with Crippen molar-refractivity contribution in [1.82, 2.24) is 9.88 Å². The van der Waals surface area contributed by atoms with E-state index in [0.29, 0.717) is 0 Å². The summed E-state index contributed by atoms with van der Waals surface area (Å²) in [6, 6.07) is 8.14. The summed E-state index contributed by atoms with van der Waals surface area (Å²) in [5, 5.41) is 1.19. The number of hydrogen-bond acceptors (Lipinski definition) is 4. The van der Waals surface area contributed by atoms with Crippen LogP contribution in [-0.4, -0.2) is 43.1 Å². The fourth-order valence-corrected chi connectivity index (χ4v) is 2.60. The largest absolute Gasteiger partial charge is 0.399 e. The highest BCUT2D eigenvalue weighted by molar-refractivity contribution is 5.86. The molecule has 0 saturated carbocycles. The van der Waals surface area contributed by atoms with E-state index in [9.17, 15) is 0 Å². The van der Waals surface area contributed by atoms with Crippen molar-refractivity contribution in [2.45, 2.75) is 6.92 Å². The minimum Gasteiger partial charge on any atom is -0.399 e. The van der Waals surface area contributed by atoms with E-state index in [2.05, 4.69) is 35.9 Å². The lowest BCUT2D eigenvalue weighted by Gasteiger charge is -2.33. The second kappa shape index (κ2) is 4.70. The summed E-state index contributed by atoms with van der Waals surface area (Å²) in [5.74, 6) is 1.07. The van der Waals surface area contributed by atoms with E-state index in [1.165, 1.54) is 10.9 Å². The second-order valence-corrected chi connectivity index (χ2v) is 5.36. The third-order valence-electron chi connectivity index (χ3n) is 3.85. The van der Waals surface area contributed by atoms with Gasteiger partial charge in [-0.15, -0.1) is 0 Å². The van der Waals surface area contributed by atoms with Crippen LogP contribution in [0.15, 0.2) is 24.3 Å². The highest BCUT2D eigenvalue weighted by Crippen LogP contribution is 2.24. The summed E-state index contributed by atoms with van der Waals surface area (Å²) in [4.78, 5) is 9.48. The van der Waals surface area contributed by atoms with Crippen LogP contribution in [0.5, 0.6) is 0 Å². The van der Waals surface area contributed by atoms with Gasteiger partial charge < -0.3 is 15.5 Å². The molecule has 0 unspecified atom stereocenters. The van der Waals surface area contributed by atoms with Crippen molar-refractivity contribution < 1.29 is 0 Å². The average molecular weight is 256 g/mol. The number of aryl methyl sites for hydroxylation is 1. The van der Waals surface area contributed by atoms with Crippen LogP contribution in [-0.2, 0) is 0 Å². The number of nitrogens with two attached hydrogens (primary N) is 1. The second-order valence-electron chi connectivity index (χ2n) is 5.36. The van der Waals surface area contributed by atoms with Crippen molar-refractivity contribution in [3.05, 3.63) is 29.8 Å². The lowest BCUT2D eigenvalue weighted by Crippen LogP contribution is -2.44. The monoisotopic (exact) mass is 256 g/mol. The number of pyridine rings is 1. The van der Waals surface area contributed by atoms with Crippen molar-refractivity contribution in [2.24, 2.45) is 0 Å². The molecule has 1 saturated heterocycles. The maximum absolute atomic E-state index is 5.86. The van der Waals surface area contributed by atoms with Gasteiger partial charge in [-0.2, -0.15) is 0 Å². The summed E-state index contributed by atoms with van der Waals surface area (Å²) in [6.07, 6.45) is 0. The first kappa shape index (κ1) is 12.2. The van der Waals surface area contributed by atoms with Crippen LogP contribution in [0.3, 0.4) is 0 Å². The highest BCUT2D eigenvalue weighted by atomic mass is 15.3. The number of piperazine rings is 1. The molecule has 19 heavy (non-hydrogen) atoms. The molecule has 0 spiro atoms. The molecule has 1 fully saturated rings. The summed E-state index contributed by atoms with van der Waals surface area (Å²) in [7, 11) is 2.16. The molecule has 2 aromatic rings. The average Bonchev–Trinajstić information content (AvgIpc) is 2.38. The minimum atomic E-state index is 0.773. The zero-order valence-electron chi connectivity index (χ0n) is 11.6. The Labute approximate surface area is 113 Å². The van der Waals surface area contributed by atoms with Crippen LogP contribution < -0.4 is 10.6 Å². The van der Waals surface area contributed by atoms with Crippen molar-refractivity contribution >= 4 is 22.4 Å². The van der Waals surface area contributed by atoms with Gasteiger partial charge in [0.1, 0.15) is 5.82 Å². The predicted octanol–water partition coefficient (Wildman–Crippen LogP) is 1.88. The number of fused-ring (bicyclic) bond motifs is 1. The highest BCUT2D eigenvalue weighted by Gasteiger charge is 2.16. The number of anilines is 2. The first-order valence-corrected chi connectivity index (χ1v) is 6.74. The Hall–Kier alpha value is -1.81. The van der Waals surface area contributed by atoms with Crippen LogP contribution in [0.25, 0.3) is 10.9 Å². The summed E-state index contributed by atoms with van der Waals surface area (Å²) >= 11 is 0. The Morgan fingerprint density at radius 3 is 2.58 bits per heavy atom. The van der Waals surface area contributed by atoms with Crippen molar-refractivity contribution in [3.63, 3.8) is 0 Å². The van der Waals surface area contributed by atoms with Crippen molar-refractivity contribution in [2.75, 3.05) is 43.9 Å². The van der Waals surface area contributed by atoms with E-state index in [-0.39, 0.29) is 0 Å². The van der Waals surface area contributed by atoms with Gasteiger partial charge in [-0.25, -0.2) is 4.98 Å². The van der Waals surface area contributed by atoms with Crippen LogP contribution in [0.4, 0.5) is 11.5 Å². The van der Waals surface area contributed by atoms with Gasteiger partial charge >= 0.3 is 0 Å². The Kier molecular flexibility index (Phi) is 3.03.